The number of halogens is 1. The molecule has 0 atom stereocenters. The number of ether oxygens (including phenoxy) is 1. The molecule has 3 rings (SSSR count). The first-order chi connectivity index (χ1) is 11.7. The van der Waals surface area contributed by atoms with Crippen LogP contribution in [0, 0.1) is 0 Å². The number of carbonyl (C=O) groups excluding carboxylic acids is 1. The second kappa shape index (κ2) is 7.62. The van der Waals surface area contributed by atoms with Crippen LogP contribution in [0.1, 0.15) is 15.9 Å². The van der Waals surface area contributed by atoms with Crippen molar-refractivity contribution in [3.05, 3.63) is 89.2 Å². The number of nitrogens with zero attached hydrogens (tertiary/aromatic N) is 1. The molecule has 0 saturated heterocycles. The van der Waals surface area contributed by atoms with Gasteiger partial charge >= 0.3 is 0 Å². The first-order valence-corrected chi connectivity index (χ1v) is 7.78. The van der Waals surface area contributed by atoms with E-state index in [1.54, 1.807) is 48.8 Å². The lowest BCUT2D eigenvalue weighted by atomic mass is 10.2. The van der Waals surface area contributed by atoms with Crippen LogP contribution >= 0.6 is 11.6 Å². The number of anilines is 1. The van der Waals surface area contributed by atoms with Crippen molar-refractivity contribution >= 4 is 23.2 Å². The summed E-state index contributed by atoms with van der Waals surface area (Å²) < 4.78 is 5.80. The SMILES string of the molecule is O=C(Nc1cccnc1)c1ccccc1OCc1cccc(Cl)c1. The normalized spacial score (nSPS) is 10.2. The predicted octanol–water partition coefficient (Wildman–Crippen LogP) is 4.57. The molecule has 0 bridgehead atoms. The lowest BCUT2D eigenvalue weighted by Crippen LogP contribution is -2.13. The van der Waals surface area contributed by atoms with Crippen LogP contribution in [0.15, 0.2) is 73.1 Å². The van der Waals surface area contributed by atoms with Crippen molar-refractivity contribution in [3.63, 3.8) is 0 Å². The van der Waals surface area contributed by atoms with Crippen molar-refractivity contribution in [1.82, 2.24) is 4.98 Å². The van der Waals surface area contributed by atoms with Gasteiger partial charge in [-0.3, -0.25) is 9.78 Å². The highest BCUT2D eigenvalue weighted by Gasteiger charge is 2.12. The molecular weight excluding hydrogens is 324 g/mol. The van der Waals surface area contributed by atoms with Crippen LogP contribution in [0.5, 0.6) is 5.75 Å². The Morgan fingerprint density at radius 3 is 2.75 bits per heavy atom. The molecule has 0 radical (unpaired) electrons. The molecule has 5 heteroatoms. The zero-order chi connectivity index (χ0) is 16.8. The number of benzene rings is 2. The van der Waals surface area contributed by atoms with Gasteiger partial charge < -0.3 is 10.1 Å². The smallest absolute Gasteiger partial charge is 0.259 e. The molecule has 0 aliphatic carbocycles. The van der Waals surface area contributed by atoms with Crippen LogP contribution in [0.3, 0.4) is 0 Å². The highest BCUT2D eigenvalue weighted by Crippen LogP contribution is 2.21. The zero-order valence-electron chi connectivity index (χ0n) is 12.8. The van der Waals surface area contributed by atoms with Crippen LogP contribution in [-0.4, -0.2) is 10.9 Å². The minimum atomic E-state index is -0.246. The van der Waals surface area contributed by atoms with Gasteiger partial charge in [-0.1, -0.05) is 35.9 Å². The van der Waals surface area contributed by atoms with E-state index in [-0.39, 0.29) is 5.91 Å². The molecule has 3 aromatic rings. The third-order valence-electron chi connectivity index (χ3n) is 3.33. The summed E-state index contributed by atoms with van der Waals surface area (Å²) in [6, 6.07) is 18.1. The molecule has 2 aromatic carbocycles. The second-order valence-electron chi connectivity index (χ2n) is 5.11. The molecule has 0 aliphatic heterocycles. The average molecular weight is 339 g/mol. The summed E-state index contributed by atoms with van der Waals surface area (Å²) in [7, 11) is 0. The number of para-hydroxylation sites is 1. The van der Waals surface area contributed by atoms with Gasteiger partial charge in [-0.2, -0.15) is 0 Å². The first kappa shape index (κ1) is 16.0. The van der Waals surface area contributed by atoms with E-state index in [1.807, 2.05) is 24.3 Å². The molecule has 1 N–H and O–H groups in total. The topological polar surface area (TPSA) is 51.2 Å². The summed E-state index contributed by atoms with van der Waals surface area (Å²) in [5, 5.41) is 3.45. The molecule has 0 fully saturated rings. The third kappa shape index (κ3) is 4.12. The number of hydrogen-bond donors (Lipinski definition) is 1. The Labute approximate surface area is 145 Å². The van der Waals surface area contributed by atoms with Gasteiger partial charge in [0.2, 0.25) is 0 Å². The number of aromatic nitrogens is 1. The molecule has 0 unspecified atom stereocenters. The number of hydrogen-bond acceptors (Lipinski definition) is 3. The van der Waals surface area contributed by atoms with Crippen molar-refractivity contribution in [1.29, 1.82) is 0 Å². The van der Waals surface area contributed by atoms with E-state index in [0.717, 1.165) is 5.56 Å². The summed E-state index contributed by atoms with van der Waals surface area (Å²) in [4.78, 5) is 16.4. The van der Waals surface area contributed by atoms with Gasteiger partial charge in [0, 0.05) is 11.2 Å². The molecule has 0 spiro atoms. The van der Waals surface area contributed by atoms with Crippen molar-refractivity contribution in [2.24, 2.45) is 0 Å². The second-order valence-corrected chi connectivity index (χ2v) is 5.55. The van der Waals surface area contributed by atoms with Crippen molar-refractivity contribution in [3.8, 4) is 5.75 Å². The van der Waals surface area contributed by atoms with E-state index in [4.69, 9.17) is 16.3 Å². The lowest BCUT2D eigenvalue weighted by molar-refractivity contribution is 0.102. The molecule has 1 amide bonds. The molecule has 0 aliphatic rings. The van der Waals surface area contributed by atoms with Crippen molar-refractivity contribution < 1.29 is 9.53 Å². The average Bonchev–Trinajstić information content (AvgIpc) is 2.61. The Hall–Kier alpha value is -2.85. The molecule has 0 saturated carbocycles. The number of pyridine rings is 1. The summed E-state index contributed by atoms with van der Waals surface area (Å²) >= 11 is 5.97. The van der Waals surface area contributed by atoms with Crippen LogP contribution in [0.4, 0.5) is 5.69 Å². The van der Waals surface area contributed by atoms with E-state index in [2.05, 4.69) is 10.3 Å². The maximum atomic E-state index is 12.5. The largest absolute Gasteiger partial charge is 0.488 e. The fourth-order valence-corrected chi connectivity index (χ4v) is 2.42. The molecule has 4 nitrogen and oxygen atoms in total. The van der Waals surface area contributed by atoms with Crippen LogP contribution in [0.25, 0.3) is 0 Å². The van der Waals surface area contributed by atoms with E-state index >= 15 is 0 Å². The Morgan fingerprint density at radius 1 is 1.08 bits per heavy atom. The molecule has 1 aromatic heterocycles. The monoisotopic (exact) mass is 338 g/mol. The highest BCUT2D eigenvalue weighted by atomic mass is 35.5. The predicted molar refractivity (Wildman–Crippen MR) is 94.4 cm³/mol. The van der Waals surface area contributed by atoms with E-state index in [0.29, 0.717) is 28.6 Å². The van der Waals surface area contributed by atoms with Gasteiger partial charge in [0.05, 0.1) is 17.4 Å². The molecule has 120 valence electrons. The molecular formula is C19H15ClN2O2. The highest BCUT2D eigenvalue weighted by molar-refractivity contribution is 6.30. The van der Waals surface area contributed by atoms with Crippen LogP contribution < -0.4 is 10.1 Å². The quantitative estimate of drug-likeness (QED) is 0.741. The Kier molecular flexibility index (Phi) is 5.08. The third-order valence-corrected chi connectivity index (χ3v) is 3.57. The number of carbonyl (C=O) groups is 1. The summed E-state index contributed by atoms with van der Waals surface area (Å²) in [6.45, 7) is 0.331. The Balaban J connectivity index is 1.74. The van der Waals surface area contributed by atoms with Gasteiger partial charge in [0.1, 0.15) is 12.4 Å². The zero-order valence-corrected chi connectivity index (χ0v) is 13.5. The van der Waals surface area contributed by atoms with Crippen LogP contribution in [-0.2, 0) is 6.61 Å². The minimum absolute atomic E-state index is 0.246. The van der Waals surface area contributed by atoms with Crippen LogP contribution in [0.2, 0.25) is 5.02 Å². The molecule has 1 heterocycles. The lowest BCUT2D eigenvalue weighted by Gasteiger charge is -2.12. The van der Waals surface area contributed by atoms with E-state index in [9.17, 15) is 4.79 Å². The Bertz CT molecular complexity index is 838. The summed E-state index contributed by atoms with van der Waals surface area (Å²) in [5.74, 6) is 0.267. The summed E-state index contributed by atoms with van der Waals surface area (Å²) in [6.07, 6.45) is 3.24. The van der Waals surface area contributed by atoms with Gasteiger partial charge in [0.25, 0.3) is 5.91 Å². The van der Waals surface area contributed by atoms with E-state index in [1.165, 1.54) is 0 Å². The van der Waals surface area contributed by atoms with Gasteiger partial charge in [-0.25, -0.2) is 0 Å². The number of nitrogens with one attached hydrogen (secondary N) is 1. The van der Waals surface area contributed by atoms with E-state index < -0.39 is 0 Å². The van der Waals surface area contributed by atoms with Gasteiger partial charge in [-0.15, -0.1) is 0 Å². The maximum absolute atomic E-state index is 12.5. The van der Waals surface area contributed by atoms with Gasteiger partial charge in [-0.05, 0) is 42.0 Å². The van der Waals surface area contributed by atoms with Crippen molar-refractivity contribution in [2.75, 3.05) is 5.32 Å². The number of rotatable bonds is 5. The van der Waals surface area contributed by atoms with Gasteiger partial charge in [0.15, 0.2) is 0 Å². The van der Waals surface area contributed by atoms with Crippen molar-refractivity contribution in [2.45, 2.75) is 6.61 Å². The molecule has 24 heavy (non-hydrogen) atoms. The fraction of sp³-hybridized carbons (Fsp3) is 0.0526. The first-order valence-electron chi connectivity index (χ1n) is 7.40. The minimum Gasteiger partial charge on any atom is -0.488 e. The standard InChI is InChI=1S/C19H15ClN2O2/c20-15-6-3-5-14(11-15)13-24-18-9-2-1-8-17(18)19(23)22-16-7-4-10-21-12-16/h1-12H,13H2,(H,22,23). The number of amides is 1. The maximum Gasteiger partial charge on any atom is 0.259 e. The fourth-order valence-electron chi connectivity index (χ4n) is 2.20. The summed E-state index contributed by atoms with van der Waals surface area (Å²) in [5.41, 5.74) is 2.03. The Morgan fingerprint density at radius 2 is 1.96 bits per heavy atom.